The third-order valence-electron chi connectivity index (χ3n) is 6.48. The van der Waals surface area contributed by atoms with Gasteiger partial charge in [-0.3, -0.25) is 4.72 Å². The van der Waals surface area contributed by atoms with E-state index in [9.17, 15) is 8.42 Å². The fourth-order valence-electron chi connectivity index (χ4n) is 4.79. The number of nitrogens with one attached hydrogen (secondary N) is 1. The molecule has 1 aliphatic carbocycles. The number of imidazole rings is 1. The van der Waals surface area contributed by atoms with Gasteiger partial charge in [0.2, 0.25) is 0 Å². The second-order valence-corrected chi connectivity index (χ2v) is 11.2. The highest BCUT2D eigenvalue weighted by Gasteiger charge is 2.28. The lowest BCUT2D eigenvalue weighted by Gasteiger charge is -2.28. The molecule has 0 spiro atoms. The first-order valence-corrected chi connectivity index (χ1v) is 13.0. The summed E-state index contributed by atoms with van der Waals surface area (Å²) >= 11 is 0. The summed E-state index contributed by atoms with van der Waals surface area (Å²) in [7, 11) is -3.64. The Morgan fingerprint density at radius 2 is 1.84 bits per heavy atom. The maximum absolute atomic E-state index is 12.8. The SMILES string of the molecule is C=CCC(C)(C)c1nc2cc(NS(=O)(=O)c3ccccc3)ccc2n1CC1CCCCC1. The van der Waals surface area contributed by atoms with Crippen LogP contribution in [0.25, 0.3) is 11.0 Å². The van der Waals surface area contributed by atoms with E-state index in [4.69, 9.17) is 4.98 Å². The van der Waals surface area contributed by atoms with Crippen molar-refractivity contribution in [1.29, 1.82) is 0 Å². The maximum Gasteiger partial charge on any atom is 0.261 e. The minimum absolute atomic E-state index is 0.154. The van der Waals surface area contributed by atoms with Gasteiger partial charge < -0.3 is 4.57 Å². The van der Waals surface area contributed by atoms with Crippen LogP contribution in [0.2, 0.25) is 0 Å². The monoisotopic (exact) mass is 451 g/mol. The van der Waals surface area contributed by atoms with Crippen LogP contribution in [0.4, 0.5) is 5.69 Å². The van der Waals surface area contributed by atoms with E-state index in [0.29, 0.717) is 11.6 Å². The Labute approximate surface area is 191 Å². The molecule has 2 aromatic carbocycles. The van der Waals surface area contributed by atoms with Crippen molar-refractivity contribution < 1.29 is 8.42 Å². The van der Waals surface area contributed by atoms with E-state index >= 15 is 0 Å². The molecule has 0 atom stereocenters. The Kier molecular flexibility index (Phi) is 6.42. The van der Waals surface area contributed by atoms with Gasteiger partial charge in [-0.25, -0.2) is 13.4 Å². The Bertz CT molecular complexity index is 1190. The molecule has 0 unspecified atom stereocenters. The van der Waals surface area contributed by atoms with Gasteiger partial charge >= 0.3 is 0 Å². The summed E-state index contributed by atoms with van der Waals surface area (Å²) in [5, 5.41) is 0. The lowest BCUT2D eigenvalue weighted by molar-refractivity contribution is 0.311. The number of hydrogen-bond donors (Lipinski definition) is 1. The van der Waals surface area contributed by atoms with Crippen molar-refractivity contribution in [2.24, 2.45) is 5.92 Å². The van der Waals surface area contributed by atoms with Crippen LogP contribution in [0.5, 0.6) is 0 Å². The third-order valence-corrected chi connectivity index (χ3v) is 7.88. The quantitative estimate of drug-likeness (QED) is 0.410. The molecule has 0 bridgehead atoms. The van der Waals surface area contributed by atoms with E-state index < -0.39 is 10.0 Å². The molecule has 1 aliphatic rings. The molecular formula is C26H33N3O2S. The van der Waals surface area contributed by atoms with E-state index in [1.54, 1.807) is 30.3 Å². The predicted molar refractivity (Wildman–Crippen MR) is 131 cm³/mol. The fourth-order valence-corrected chi connectivity index (χ4v) is 5.86. The Balaban J connectivity index is 1.72. The highest BCUT2D eigenvalue weighted by atomic mass is 32.2. The second-order valence-electron chi connectivity index (χ2n) is 9.55. The molecular weight excluding hydrogens is 418 g/mol. The molecule has 6 heteroatoms. The van der Waals surface area contributed by atoms with Crippen molar-refractivity contribution in [3.63, 3.8) is 0 Å². The maximum atomic E-state index is 12.8. The topological polar surface area (TPSA) is 64.0 Å². The number of aromatic nitrogens is 2. The smallest absolute Gasteiger partial charge is 0.261 e. The van der Waals surface area contributed by atoms with Crippen LogP contribution in [-0.4, -0.2) is 18.0 Å². The van der Waals surface area contributed by atoms with Crippen LogP contribution in [0.1, 0.15) is 58.2 Å². The average Bonchev–Trinajstić information content (AvgIpc) is 3.13. The van der Waals surface area contributed by atoms with E-state index in [0.717, 1.165) is 29.8 Å². The lowest BCUT2D eigenvalue weighted by Crippen LogP contribution is -2.25. The Hall–Kier alpha value is -2.60. The van der Waals surface area contributed by atoms with Gasteiger partial charge in [-0.15, -0.1) is 6.58 Å². The number of sulfonamides is 1. The molecule has 1 N–H and O–H groups in total. The zero-order chi connectivity index (χ0) is 22.8. The van der Waals surface area contributed by atoms with E-state index in [1.165, 1.54) is 32.1 Å². The van der Waals surface area contributed by atoms with Crippen LogP contribution in [0.3, 0.4) is 0 Å². The first kappa shape index (κ1) is 22.6. The molecule has 170 valence electrons. The van der Waals surface area contributed by atoms with Gasteiger partial charge in [0.25, 0.3) is 10.0 Å². The number of hydrogen-bond acceptors (Lipinski definition) is 3. The third kappa shape index (κ3) is 4.75. The number of anilines is 1. The van der Waals surface area contributed by atoms with Gasteiger partial charge in [-0.2, -0.15) is 0 Å². The van der Waals surface area contributed by atoms with Crippen molar-refractivity contribution in [3.05, 3.63) is 67.0 Å². The molecule has 0 aliphatic heterocycles. The first-order chi connectivity index (χ1) is 15.3. The fraction of sp³-hybridized carbons (Fsp3) is 0.423. The Morgan fingerprint density at radius 3 is 2.53 bits per heavy atom. The van der Waals surface area contributed by atoms with Crippen molar-refractivity contribution in [2.45, 2.75) is 69.2 Å². The second kappa shape index (κ2) is 9.10. The molecule has 0 saturated heterocycles. The summed E-state index contributed by atoms with van der Waals surface area (Å²) in [5.74, 6) is 1.71. The van der Waals surface area contributed by atoms with Gasteiger partial charge in [0, 0.05) is 12.0 Å². The van der Waals surface area contributed by atoms with Gasteiger partial charge in [-0.1, -0.05) is 57.4 Å². The van der Waals surface area contributed by atoms with Crippen molar-refractivity contribution in [3.8, 4) is 0 Å². The lowest BCUT2D eigenvalue weighted by atomic mass is 9.86. The zero-order valence-corrected chi connectivity index (χ0v) is 19.9. The zero-order valence-electron chi connectivity index (χ0n) is 19.0. The van der Waals surface area contributed by atoms with Crippen LogP contribution < -0.4 is 4.72 Å². The highest BCUT2D eigenvalue weighted by Crippen LogP contribution is 2.34. The van der Waals surface area contributed by atoms with Crippen molar-refractivity contribution in [1.82, 2.24) is 9.55 Å². The number of fused-ring (bicyclic) bond motifs is 1. The van der Waals surface area contributed by atoms with Crippen LogP contribution in [0.15, 0.2) is 66.1 Å². The summed E-state index contributed by atoms with van der Waals surface area (Å²) < 4.78 is 30.6. The largest absolute Gasteiger partial charge is 0.327 e. The molecule has 5 nitrogen and oxygen atoms in total. The molecule has 1 fully saturated rings. The Morgan fingerprint density at radius 1 is 1.12 bits per heavy atom. The van der Waals surface area contributed by atoms with Crippen LogP contribution >= 0.6 is 0 Å². The van der Waals surface area contributed by atoms with E-state index in [2.05, 4.69) is 29.7 Å². The summed E-state index contributed by atoms with van der Waals surface area (Å²) in [6.45, 7) is 9.30. The number of allylic oxidation sites excluding steroid dienone is 1. The molecule has 1 saturated carbocycles. The molecule has 0 radical (unpaired) electrons. The highest BCUT2D eigenvalue weighted by molar-refractivity contribution is 7.92. The standard InChI is InChI=1S/C26H33N3O2S/c1-4-17-26(2,3)25-27-23-18-21(28-32(30,31)22-13-9-6-10-14-22)15-16-24(23)29(25)19-20-11-7-5-8-12-20/h4,6,9-10,13-16,18,20,28H,1,5,7-8,11-12,17,19H2,2-3H3. The van der Waals surface area contributed by atoms with Crippen LogP contribution in [0, 0.1) is 5.92 Å². The van der Waals surface area contributed by atoms with E-state index in [-0.39, 0.29) is 10.3 Å². The minimum atomic E-state index is -3.64. The minimum Gasteiger partial charge on any atom is -0.327 e. The number of benzene rings is 2. The average molecular weight is 452 g/mol. The molecule has 3 aromatic rings. The first-order valence-electron chi connectivity index (χ1n) is 11.5. The number of nitrogens with zero attached hydrogens (tertiary/aromatic N) is 2. The summed E-state index contributed by atoms with van der Waals surface area (Å²) in [4.78, 5) is 5.26. The van der Waals surface area contributed by atoms with Gasteiger partial charge in [0.15, 0.2) is 0 Å². The molecule has 32 heavy (non-hydrogen) atoms. The molecule has 1 heterocycles. The normalized spacial score (nSPS) is 15.7. The van der Waals surface area contributed by atoms with Gasteiger partial charge in [0.05, 0.1) is 21.6 Å². The molecule has 1 aromatic heterocycles. The van der Waals surface area contributed by atoms with Crippen molar-refractivity contribution >= 4 is 26.7 Å². The van der Waals surface area contributed by atoms with Crippen molar-refractivity contribution in [2.75, 3.05) is 4.72 Å². The summed E-state index contributed by atoms with van der Waals surface area (Å²) in [6.07, 6.45) is 9.23. The number of rotatable bonds is 8. The van der Waals surface area contributed by atoms with E-state index in [1.807, 2.05) is 24.3 Å². The predicted octanol–water partition coefficient (Wildman–Crippen LogP) is 6.27. The summed E-state index contributed by atoms with van der Waals surface area (Å²) in [5.41, 5.74) is 2.25. The van der Waals surface area contributed by atoms with Gasteiger partial charge in [0.1, 0.15) is 5.82 Å². The van der Waals surface area contributed by atoms with Crippen LogP contribution in [-0.2, 0) is 22.0 Å². The molecule has 4 rings (SSSR count). The van der Waals surface area contributed by atoms with Gasteiger partial charge in [-0.05, 0) is 55.5 Å². The molecule has 0 amide bonds. The summed E-state index contributed by atoms with van der Waals surface area (Å²) in [6, 6.07) is 14.1.